The SMILES string of the molecule is CCCCc1nc(Cl)c(CNc2c(Cl)cc(F)cc2Br)[nH]1. The Balaban J connectivity index is 2.08. The van der Waals surface area contributed by atoms with Crippen molar-refractivity contribution in [3.63, 3.8) is 0 Å². The van der Waals surface area contributed by atoms with Crippen LogP contribution in [0, 0.1) is 5.82 Å². The van der Waals surface area contributed by atoms with Gasteiger partial charge < -0.3 is 10.3 Å². The lowest BCUT2D eigenvalue weighted by molar-refractivity contribution is 0.627. The monoisotopic (exact) mass is 393 g/mol. The van der Waals surface area contributed by atoms with E-state index in [4.69, 9.17) is 23.2 Å². The Morgan fingerprint density at radius 3 is 2.81 bits per heavy atom. The minimum atomic E-state index is -0.390. The summed E-state index contributed by atoms with van der Waals surface area (Å²) in [6, 6.07) is 2.62. The van der Waals surface area contributed by atoms with E-state index in [1.54, 1.807) is 0 Å². The van der Waals surface area contributed by atoms with Crippen molar-refractivity contribution in [3.05, 3.63) is 44.1 Å². The van der Waals surface area contributed by atoms with Gasteiger partial charge in [0.25, 0.3) is 0 Å². The van der Waals surface area contributed by atoms with Gasteiger partial charge in [0, 0.05) is 10.9 Å². The smallest absolute Gasteiger partial charge is 0.152 e. The molecule has 0 aliphatic rings. The molecule has 2 rings (SSSR count). The van der Waals surface area contributed by atoms with E-state index in [9.17, 15) is 4.39 Å². The number of H-pyrrole nitrogens is 1. The first kappa shape index (κ1) is 16.6. The summed E-state index contributed by atoms with van der Waals surface area (Å²) in [5.41, 5.74) is 1.41. The molecule has 0 saturated heterocycles. The Bertz CT molecular complexity index is 608. The number of unbranched alkanes of at least 4 members (excludes halogenated alkanes) is 1. The van der Waals surface area contributed by atoms with Crippen LogP contribution in [0.25, 0.3) is 0 Å². The average Bonchev–Trinajstić information content (AvgIpc) is 2.76. The summed E-state index contributed by atoms with van der Waals surface area (Å²) in [6.45, 7) is 2.56. The Morgan fingerprint density at radius 2 is 2.14 bits per heavy atom. The minimum absolute atomic E-state index is 0.309. The fraction of sp³-hybridized carbons (Fsp3) is 0.357. The molecule has 0 atom stereocenters. The molecule has 21 heavy (non-hydrogen) atoms. The predicted molar refractivity (Wildman–Crippen MR) is 88.6 cm³/mol. The fourth-order valence-corrected chi connectivity index (χ4v) is 3.08. The molecule has 0 aliphatic carbocycles. The van der Waals surface area contributed by atoms with E-state index in [1.807, 2.05) is 0 Å². The van der Waals surface area contributed by atoms with Gasteiger partial charge in [-0.05, 0) is 34.5 Å². The number of aryl methyl sites for hydroxylation is 1. The van der Waals surface area contributed by atoms with Crippen LogP contribution < -0.4 is 5.32 Å². The summed E-state index contributed by atoms with van der Waals surface area (Å²) in [7, 11) is 0. The molecule has 0 fully saturated rings. The third-order valence-corrected chi connectivity index (χ3v) is 4.23. The number of nitrogens with zero attached hydrogens (tertiary/aromatic N) is 1. The third kappa shape index (κ3) is 4.34. The van der Waals surface area contributed by atoms with Crippen molar-refractivity contribution in [2.24, 2.45) is 0 Å². The third-order valence-electron chi connectivity index (χ3n) is 2.99. The average molecular weight is 395 g/mol. The number of aromatic amines is 1. The molecular formula is C14H15BrCl2FN3. The van der Waals surface area contributed by atoms with Crippen LogP contribution in [0.1, 0.15) is 31.3 Å². The van der Waals surface area contributed by atoms with Crippen molar-refractivity contribution in [2.75, 3.05) is 5.32 Å². The summed E-state index contributed by atoms with van der Waals surface area (Å²) < 4.78 is 13.7. The van der Waals surface area contributed by atoms with Crippen molar-refractivity contribution in [1.29, 1.82) is 0 Å². The first-order valence-corrected chi connectivity index (χ1v) is 8.17. The normalized spacial score (nSPS) is 10.9. The van der Waals surface area contributed by atoms with Gasteiger partial charge in [-0.25, -0.2) is 9.37 Å². The van der Waals surface area contributed by atoms with Gasteiger partial charge in [0.15, 0.2) is 5.15 Å². The molecule has 1 aromatic carbocycles. The van der Waals surface area contributed by atoms with E-state index in [2.05, 4.69) is 38.1 Å². The lowest BCUT2D eigenvalue weighted by Crippen LogP contribution is -2.02. The lowest BCUT2D eigenvalue weighted by Gasteiger charge is -2.10. The molecule has 2 aromatic rings. The maximum absolute atomic E-state index is 13.2. The van der Waals surface area contributed by atoms with Crippen LogP contribution in [0.2, 0.25) is 10.2 Å². The second-order valence-corrected chi connectivity index (χ2v) is 6.27. The quantitative estimate of drug-likeness (QED) is 0.671. The van der Waals surface area contributed by atoms with Crippen LogP contribution in [-0.4, -0.2) is 9.97 Å². The van der Waals surface area contributed by atoms with Crippen LogP contribution in [0.15, 0.2) is 16.6 Å². The van der Waals surface area contributed by atoms with E-state index in [1.165, 1.54) is 12.1 Å². The zero-order valence-electron chi connectivity index (χ0n) is 11.4. The van der Waals surface area contributed by atoms with Crippen molar-refractivity contribution in [3.8, 4) is 0 Å². The van der Waals surface area contributed by atoms with Gasteiger partial charge >= 0.3 is 0 Å². The number of aromatic nitrogens is 2. The summed E-state index contributed by atoms with van der Waals surface area (Å²) in [5, 5.41) is 3.89. The molecule has 0 radical (unpaired) electrons. The summed E-state index contributed by atoms with van der Waals surface area (Å²) in [5.74, 6) is 0.488. The van der Waals surface area contributed by atoms with Gasteiger partial charge in [-0.3, -0.25) is 0 Å². The number of benzene rings is 1. The summed E-state index contributed by atoms with van der Waals surface area (Å²) in [6.07, 6.45) is 3.04. The Hall–Kier alpha value is -0.780. The number of hydrogen-bond acceptors (Lipinski definition) is 2. The molecule has 0 bridgehead atoms. The highest BCUT2D eigenvalue weighted by atomic mass is 79.9. The largest absolute Gasteiger partial charge is 0.377 e. The fourth-order valence-electron chi connectivity index (χ4n) is 1.91. The highest BCUT2D eigenvalue weighted by Crippen LogP contribution is 2.32. The standard InChI is InChI=1S/C14H15BrCl2FN3/c1-2-3-4-12-20-11(14(17)21-12)7-19-13-9(15)5-8(18)6-10(13)16/h5-6,19H,2-4,7H2,1H3,(H,20,21). The van der Waals surface area contributed by atoms with Gasteiger partial charge in [0.05, 0.1) is 22.9 Å². The van der Waals surface area contributed by atoms with Crippen molar-refractivity contribution in [2.45, 2.75) is 32.7 Å². The number of rotatable bonds is 6. The lowest BCUT2D eigenvalue weighted by atomic mass is 10.2. The molecule has 0 amide bonds. The Morgan fingerprint density at radius 1 is 1.38 bits per heavy atom. The predicted octanol–water partition coefficient (Wildman–Crippen LogP) is 5.57. The molecule has 114 valence electrons. The van der Waals surface area contributed by atoms with Crippen molar-refractivity contribution < 1.29 is 4.39 Å². The van der Waals surface area contributed by atoms with Crippen LogP contribution in [0.5, 0.6) is 0 Å². The molecule has 2 N–H and O–H groups in total. The van der Waals surface area contributed by atoms with E-state index >= 15 is 0 Å². The van der Waals surface area contributed by atoms with Gasteiger partial charge in [0.2, 0.25) is 0 Å². The highest BCUT2D eigenvalue weighted by Gasteiger charge is 2.11. The van der Waals surface area contributed by atoms with Crippen molar-refractivity contribution >= 4 is 44.8 Å². The Labute approximate surface area is 141 Å². The second-order valence-electron chi connectivity index (χ2n) is 4.65. The van der Waals surface area contributed by atoms with Crippen LogP contribution >= 0.6 is 39.1 Å². The van der Waals surface area contributed by atoms with E-state index in [0.29, 0.717) is 26.9 Å². The second kappa shape index (κ2) is 7.47. The van der Waals surface area contributed by atoms with Gasteiger partial charge in [-0.15, -0.1) is 0 Å². The highest BCUT2D eigenvalue weighted by molar-refractivity contribution is 9.10. The minimum Gasteiger partial charge on any atom is -0.377 e. The first-order valence-electron chi connectivity index (χ1n) is 6.63. The molecule has 0 unspecified atom stereocenters. The zero-order chi connectivity index (χ0) is 15.4. The molecular weight excluding hydrogens is 380 g/mol. The van der Waals surface area contributed by atoms with Crippen LogP contribution in [0.4, 0.5) is 10.1 Å². The molecule has 1 heterocycles. The number of imidazole rings is 1. The molecule has 7 heteroatoms. The Kier molecular flexibility index (Phi) is 5.90. The topological polar surface area (TPSA) is 40.7 Å². The number of nitrogens with one attached hydrogen (secondary N) is 2. The molecule has 3 nitrogen and oxygen atoms in total. The summed E-state index contributed by atoms with van der Waals surface area (Å²) in [4.78, 5) is 7.48. The number of anilines is 1. The number of halogens is 4. The van der Waals surface area contributed by atoms with E-state index < -0.39 is 0 Å². The molecule has 0 aliphatic heterocycles. The molecule has 1 aromatic heterocycles. The summed E-state index contributed by atoms with van der Waals surface area (Å²) >= 11 is 15.4. The van der Waals surface area contributed by atoms with Crippen LogP contribution in [0.3, 0.4) is 0 Å². The van der Waals surface area contributed by atoms with Crippen LogP contribution in [-0.2, 0) is 13.0 Å². The van der Waals surface area contributed by atoms with Gasteiger partial charge in [-0.1, -0.05) is 36.5 Å². The van der Waals surface area contributed by atoms with E-state index in [-0.39, 0.29) is 5.82 Å². The zero-order valence-corrected chi connectivity index (χ0v) is 14.5. The maximum atomic E-state index is 13.2. The van der Waals surface area contributed by atoms with E-state index in [0.717, 1.165) is 30.8 Å². The number of hydrogen-bond donors (Lipinski definition) is 2. The van der Waals surface area contributed by atoms with Crippen molar-refractivity contribution in [1.82, 2.24) is 9.97 Å². The molecule has 0 spiro atoms. The first-order chi connectivity index (χ1) is 10.0. The van der Waals surface area contributed by atoms with Gasteiger partial charge in [-0.2, -0.15) is 0 Å². The molecule has 0 saturated carbocycles. The van der Waals surface area contributed by atoms with Gasteiger partial charge in [0.1, 0.15) is 11.6 Å². The maximum Gasteiger partial charge on any atom is 0.152 e.